The maximum Gasteiger partial charge on any atom is 0.472 e. The van der Waals surface area contributed by atoms with Crippen LogP contribution in [0.2, 0.25) is 0 Å². The number of ether oxygens (including phenoxy) is 2. The van der Waals surface area contributed by atoms with Gasteiger partial charge >= 0.3 is 25.7 Å². The topological polar surface area (TPSA) is 172 Å². The molecule has 326 valence electrons. The Kier molecular flexibility index (Phi) is 38.2. The molecule has 0 saturated carbocycles. The summed E-state index contributed by atoms with van der Waals surface area (Å²) in [5, 5.41) is 8.87. The molecule has 0 aliphatic heterocycles. The average Bonchev–Trinajstić information content (AvgIpc) is 3.16. The zero-order chi connectivity index (χ0) is 40.7. The van der Waals surface area contributed by atoms with E-state index in [1.165, 1.54) is 148 Å². The molecule has 0 aromatic carbocycles. The van der Waals surface area contributed by atoms with Crippen LogP contribution < -0.4 is 5.73 Å². The predicted octanol–water partition coefficient (Wildman–Crippen LogP) is 11.9. The Morgan fingerprint density at radius 3 is 1.15 bits per heavy atom. The fourth-order valence-electron chi connectivity index (χ4n) is 6.54. The van der Waals surface area contributed by atoms with Gasteiger partial charge in [-0.05, 0) is 12.8 Å². The molecule has 0 aliphatic carbocycles. The second-order valence-corrected chi connectivity index (χ2v) is 17.0. The van der Waals surface area contributed by atoms with Gasteiger partial charge in [0.1, 0.15) is 12.6 Å². The molecule has 0 fully saturated rings. The summed E-state index contributed by atoms with van der Waals surface area (Å²) in [6.45, 7) is 2.81. The van der Waals surface area contributed by atoms with Crippen LogP contribution in [-0.2, 0) is 37.5 Å². The van der Waals surface area contributed by atoms with E-state index < -0.39 is 51.1 Å². The van der Waals surface area contributed by atoms with E-state index in [0.29, 0.717) is 12.8 Å². The standard InChI is InChI=1S/C43H84NO10P/c1-3-5-7-9-11-13-14-15-16-17-18-19-20-21-22-23-24-25-27-29-31-33-35-42(46)54-39(37-52-55(49,50)53-38-40(44)43(47)48)36-51-41(45)34-32-30-28-26-12-10-8-6-4-2/h39-40H,3-38,44H2,1-2H3,(H,47,48)(H,49,50)/t39-,40-/m0/s1. The van der Waals surface area contributed by atoms with E-state index in [9.17, 15) is 23.8 Å². The highest BCUT2D eigenvalue weighted by atomic mass is 31.2. The van der Waals surface area contributed by atoms with E-state index in [4.69, 9.17) is 24.8 Å². The van der Waals surface area contributed by atoms with Crippen molar-refractivity contribution in [1.82, 2.24) is 0 Å². The molecule has 0 bridgehead atoms. The van der Waals surface area contributed by atoms with Gasteiger partial charge < -0.3 is 25.2 Å². The minimum atomic E-state index is -4.70. The van der Waals surface area contributed by atoms with E-state index in [1.54, 1.807) is 0 Å². The normalized spacial score (nSPS) is 13.7. The summed E-state index contributed by atoms with van der Waals surface area (Å²) in [5.41, 5.74) is 5.33. The van der Waals surface area contributed by atoms with Crippen LogP contribution >= 0.6 is 7.82 Å². The SMILES string of the molecule is CCCCCCCCCCCCCCCCCCCCCCCCC(=O)O[C@@H](COC(=O)CCCCCCCCCCC)COP(=O)(O)OC[C@H](N)C(=O)O. The van der Waals surface area contributed by atoms with Crippen LogP contribution in [0.1, 0.15) is 226 Å². The van der Waals surface area contributed by atoms with Crippen molar-refractivity contribution in [2.45, 2.75) is 238 Å². The zero-order valence-corrected chi connectivity index (χ0v) is 36.2. The minimum Gasteiger partial charge on any atom is -0.480 e. The zero-order valence-electron chi connectivity index (χ0n) is 35.3. The second-order valence-electron chi connectivity index (χ2n) is 15.6. The van der Waals surface area contributed by atoms with Crippen LogP contribution in [0.15, 0.2) is 0 Å². The van der Waals surface area contributed by atoms with Crippen LogP contribution in [-0.4, -0.2) is 59.9 Å². The molecular formula is C43H84NO10P. The molecule has 0 aliphatic rings. The molecule has 12 heteroatoms. The van der Waals surface area contributed by atoms with Crippen molar-refractivity contribution in [1.29, 1.82) is 0 Å². The maximum atomic E-state index is 12.6. The van der Waals surface area contributed by atoms with Crippen LogP contribution in [0.5, 0.6) is 0 Å². The number of hydrogen-bond donors (Lipinski definition) is 3. The molecule has 0 aromatic heterocycles. The monoisotopic (exact) mass is 806 g/mol. The number of unbranched alkanes of at least 4 members (excludes halogenated alkanes) is 29. The Morgan fingerprint density at radius 1 is 0.491 bits per heavy atom. The highest BCUT2D eigenvalue weighted by Gasteiger charge is 2.28. The van der Waals surface area contributed by atoms with E-state index in [0.717, 1.165) is 38.5 Å². The van der Waals surface area contributed by atoms with Gasteiger partial charge in [0.05, 0.1) is 13.2 Å². The molecule has 4 N–H and O–H groups in total. The van der Waals surface area contributed by atoms with Crippen molar-refractivity contribution in [3.63, 3.8) is 0 Å². The first kappa shape index (κ1) is 53.5. The third-order valence-corrected chi connectivity index (χ3v) is 11.1. The number of rotatable bonds is 43. The summed E-state index contributed by atoms with van der Waals surface area (Å²) in [6, 6.07) is -1.52. The number of phosphoric acid groups is 1. The highest BCUT2D eigenvalue weighted by molar-refractivity contribution is 7.47. The van der Waals surface area contributed by atoms with Crippen molar-refractivity contribution < 1.29 is 47.5 Å². The molecule has 0 saturated heterocycles. The number of esters is 2. The molecule has 0 spiro atoms. The van der Waals surface area contributed by atoms with Crippen LogP contribution in [0.3, 0.4) is 0 Å². The molecule has 0 heterocycles. The first-order chi connectivity index (χ1) is 26.6. The average molecular weight is 806 g/mol. The van der Waals surface area contributed by atoms with E-state index in [1.807, 2.05) is 0 Å². The summed E-state index contributed by atoms with van der Waals surface area (Å²) in [7, 11) is -4.70. The van der Waals surface area contributed by atoms with Gasteiger partial charge in [-0.15, -0.1) is 0 Å². The van der Waals surface area contributed by atoms with Crippen molar-refractivity contribution >= 4 is 25.7 Å². The van der Waals surface area contributed by atoms with Crippen molar-refractivity contribution in [2.75, 3.05) is 19.8 Å². The summed E-state index contributed by atoms with van der Waals surface area (Å²) in [6.07, 6.45) is 37.6. The summed E-state index contributed by atoms with van der Waals surface area (Å²) in [4.78, 5) is 45.8. The van der Waals surface area contributed by atoms with Crippen LogP contribution in [0, 0.1) is 0 Å². The molecule has 0 radical (unpaired) electrons. The fraction of sp³-hybridized carbons (Fsp3) is 0.930. The third-order valence-electron chi connectivity index (χ3n) is 10.1. The minimum absolute atomic E-state index is 0.169. The number of carbonyl (C=O) groups excluding carboxylic acids is 2. The molecule has 1 unspecified atom stereocenters. The number of carboxylic acid groups (broad SMARTS) is 1. The third kappa shape index (κ3) is 39.1. The van der Waals surface area contributed by atoms with Crippen LogP contribution in [0.4, 0.5) is 0 Å². The predicted molar refractivity (Wildman–Crippen MR) is 222 cm³/mol. The largest absolute Gasteiger partial charge is 0.480 e. The number of carbonyl (C=O) groups is 3. The summed E-state index contributed by atoms with van der Waals surface area (Å²) < 4.78 is 32.6. The molecule has 0 rings (SSSR count). The second kappa shape index (κ2) is 39.3. The lowest BCUT2D eigenvalue weighted by molar-refractivity contribution is -0.161. The lowest BCUT2D eigenvalue weighted by atomic mass is 10.0. The molecular weight excluding hydrogens is 721 g/mol. The summed E-state index contributed by atoms with van der Waals surface area (Å²) >= 11 is 0. The van der Waals surface area contributed by atoms with Gasteiger partial charge in [-0.3, -0.25) is 23.4 Å². The number of hydrogen-bond acceptors (Lipinski definition) is 9. The molecule has 3 atom stereocenters. The van der Waals surface area contributed by atoms with E-state index in [-0.39, 0.29) is 19.4 Å². The molecule has 0 aromatic rings. The van der Waals surface area contributed by atoms with Gasteiger partial charge in [-0.2, -0.15) is 0 Å². The van der Waals surface area contributed by atoms with Gasteiger partial charge in [0, 0.05) is 12.8 Å². The quantitative estimate of drug-likeness (QED) is 0.0304. The highest BCUT2D eigenvalue weighted by Crippen LogP contribution is 2.43. The van der Waals surface area contributed by atoms with Gasteiger partial charge in [-0.25, -0.2) is 4.57 Å². The lowest BCUT2D eigenvalue weighted by Crippen LogP contribution is -2.34. The van der Waals surface area contributed by atoms with Gasteiger partial charge in [0.2, 0.25) is 0 Å². The Morgan fingerprint density at radius 2 is 0.800 bits per heavy atom. The molecule has 55 heavy (non-hydrogen) atoms. The fourth-order valence-corrected chi connectivity index (χ4v) is 7.32. The Labute approximate surface area is 335 Å². The van der Waals surface area contributed by atoms with Gasteiger partial charge in [0.25, 0.3) is 0 Å². The number of phosphoric ester groups is 1. The Bertz CT molecular complexity index is 952. The number of nitrogens with two attached hydrogens (primary N) is 1. The number of aliphatic carboxylic acids is 1. The first-order valence-corrected chi connectivity index (χ1v) is 24.1. The van der Waals surface area contributed by atoms with Crippen molar-refractivity contribution in [3.8, 4) is 0 Å². The van der Waals surface area contributed by atoms with Crippen molar-refractivity contribution in [3.05, 3.63) is 0 Å². The summed E-state index contributed by atoms with van der Waals surface area (Å²) in [5.74, 6) is -2.36. The molecule has 0 amide bonds. The maximum absolute atomic E-state index is 12.6. The molecule has 11 nitrogen and oxygen atoms in total. The van der Waals surface area contributed by atoms with Crippen molar-refractivity contribution in [2.24, 2.45) is 5.73 Å². The van der Waals surface area contributed by atoms with E-state index >= 15 is 0 Å². The first-order valence-electron chi connectivity index (χ1n) is 22.6. The Balaban J connectivity index is 4.16. The van der Waals surface area contributed by atoms with Gasteiger partial charge in [0.15, 0.2) is 6.10 Å². The lowest BCUT2D eigenvalue weighted by Gasteiger charge is -2.20. The Hall–Kier alpha value is -1.52. The van der Waals surface area contributed by atoms with Gasteiger partial charge in [-0.1, -0.05) is 200 Å². The number of carboxylic acids is 1. The van der Waals surface area contributed by atoms with Crippen LogP contribution in [0.25, 0.3) is 0 Å². The van der Waals surface area contributed by atoms with E-state index in [2.05, 4.69) is 18.4 Å². The smallest absolute Gasteiger partial charge is 0.472 e.